The van der Waals surface area contributed by atoms with Crippen molar-refractivity contribution >= 4 is 11.6 Å². The molecule has 0 spiro atoms. The van der Waals surface area contributed by atoms with Crippen molar-refractivity contribution in [3.63, 3.8) is 0 Å². The molecule has 16 heavy (non-hydrogen) atoms. The summed E-state index contributed by atoms with van der Waals surface area (Å²) in [4.78, 5) is 0. The van der Waals surface area contributed by atoms with Gasteiger partial charge >= 0.3 is 0 Å². The summed E-state index contributed by atoms with van der Waals surface area (Å²) in [7, 11) is 0. The number of nitrogens with two attached hydrogens (primary N) is 1. The first-order valence-corrected chi connectivity index (χ1v) is 5.33. The Labute approximate surface area is 98.7 Å². The van der Waals surface area contributed by atoms with Crippen LogP contribution in [-0.4, -0.2) is 0 Å². The van der Waals surface area contributed by atoms with Gasteiger partial charge < -0.3 is 5.73 Å². The fourth-order valence-electron chi connectivity index (χ4n) is 1.58. The van der Waals surface area contributed by atoms with Crippen molar-refractivity contribution in [3.05, 3.63) is 58.9 Å². The van der Waals surface area contributed by atoms with E-state index in [4.69, 9.17) is 17.3 Å². The van der Waals surface area contributed by atoms with Crippen LogP contribution in [0.5, 0.6) is 0 Å². The molecule has 1 nitrogen and oxygen atoms in total. The van der Waals surface area contributed by atoms with Crippen LogP contribution in [0.3, 0.4) is 0 Å². The Hall–Kier alpha value is -1.38. The van der Waals surface area contributed by atoms with Gasteiger partial charge in [0.15, 0.2) is 0 Å². The van der Waals surface area contributed by atoms with Gasteiger partial charge in [-0.1, -0.05) is 29.8 Å². The Morgan fingerprint density at radius 1 is 1.12 bits per heavy atom. The minimum Gasteiger partial charge on any atom is -0.326 e. The number of benzene rings is 2. The van der Waals surface area contributed by atoms with Gasteiger partial charge in [0.05, 0.1) is 0 Å². The molecule has 0 radical (unpaired) electrons. The van der Waals surface area contributed by atoms with Gasteiger partial charge in [-0.15, -0.1) is 0 Å². The van der Waals surface area contributed by atoms with E-state index in [1.807, 2.05) is 24.3 Å². The van der Waals surface area contributed by atoms with Crippen LogP contribution in [0.4, 0.5) is 4.39 Å². The second-order valence-electron chi connectivity index (χ2n) is 3.53. The second kappa shape index (κ2) is 4.64. The Kier molecular flexibility index (Phi) is 3.22. The molecule has 0 aliphatic heterocycles. The third-order valence-electron chi connectivity index (χ3n) is 2.40. The molecule has 2 aromatic carbocycles. The quantitative estimate of drug-likeness (QED) is 0.846. The normalized spacial score (nSPS) is 10.4. The van der Waals surface area contributed by atoms with E-state index in [0.717, 1.165) is 11.1 Å². The van der Waals surface area contributed by atoms with Gasteiger partial charge in [-0.3, -0.25) is 0 Å². The Bertz CT molecular complexity index is 511. The van der Waals surface area contributed by atoms with E-state index >= 15 is 0 Å². The Morgan fingerprint density at radius 2 is 1.94 bits per heavy atom. The fraction of sp³-hybridized carbons (Fsp3) is 0.0769. The molecule has 2 rings (SSSR count). The van der Waals surface area contributed by atoms with Crippen LogP contribution >= 0.6 is 11.6 Å². The summed E-state index contributed by atoms with van der Waals surface area (Å²) in [6.45, 7) is 0.459. The highest BCUT2D eigenvalue weighted by Gasteiger charge is 2.05. The van der Waals surface area contributed by atoms with Gasteiger partial charge in [0.25, 0.3) is 0 Å². The van der Waals surface area contributed by atoms with Gasteiger partial charge in [0, 0.05) is 17.1 Å². The first-order valence-electron chi connectivity index (χ1n) is 4.95. The van der Waals surface area contributed by atoms with Crippen molar-refractivity contribution in [3.8, 4) is 11.1 Å². The van der Waals surface area contributed by atoms with Gasteiger partial charge in [-0.2, -0.15) is 0 Å². The summed E-state index contributed by atoms with van der Waals surface area (Å²) in [5.74, 6) is -0.294. The zero-order valence-corrected chi connectivity index (χ0v) is 9.34. The average molecular weight is 236 g/mol. The molecule has 0 unspecified atom stereocenters. The molecule has 0 fully saturated rings. The van der Waals surface area contributed by atoms with Crippen molar-refractivity contribution in [2.24, 2.45) is 5.73 Å². The first-order chi connectivity index (χ1) is 7.70. The molecule has 2 aromatic rings. The van der Waals surface area contributed by atoms with Crippen LogP contribution in [0.25, 0.3) is 11.1 Å². The van der Waals surface area contributed by atoms with Crippen LogP contribution in [0, 0.1) is 5.82 Å². The third kappa shape index (κ3) is 2.23. The lowest BCUT2D eigenvalue weighted by molar-refractivity contribution is 0.628. The predicted molar refractivity (Wildman–Crippen MR) is 64.7 cm³/mol. The summed E-state index contributed by atoms with van der Waals surface area (Å²) >= 11 is 6.03. The lowest BCUT2D eigenvalue weighted by Crippen LogP contribution is -1.95. The van der Waals surface area contributed by atoms with Crippen molar-refractivity contribution < 1.29 is 4.39 Å². The topological polar surface area (TPSA) is 26.0 Å². The second-order valence-corrected chi connectivity index (χ2v) is 3.94. The highest BCUT2D eigenvalue weighted by molar-refractivity contribution is 6.33. The molecule has 0 bridgehead atoms. The summed E-state index contributed by atoms with van der Waals surface area (Å²) < 4.78 is 13.1. The Morgan fingerprint density at radius 3 is 2.69 bits per heavy atom. The monoisotopic (exact) mass is 235 g/mol. The minimum absolute atomic E-state index is 0.294. The number of rotatable bonds is 2. The lowest BCUT2D eigenvalue weighted by atomic mass is 10.0. The van der Waals surface area contributed by atoms with Crippen LogP contribution in [0.1, 0.15) is 5.56 Å². The lowest BCUT2D eigenvalue weighted by Gasteiger charge is -2.06. The van der Waals surface area contributed by atoms with Crippen LogP contribution in [-0.2, 0) is 6.54 Å². The largest absolute Gasteiger partial charge is 0.326 e. The molecule has 0 amide bonds. The van der Waals surface area contributed by atoms with Gasteiger partial charge in [0.2, 0.25) is 0 Å². The zero-order valence-electron chi connectivity index (χ0n) is 8.58. The molecule has 0 heterocycles. The van der Waals surface area contributed by atoms with Crippen LogP contribution in [0.15, 0.2) is 42.5 Å². The van der Waals surface area contributed by atoms with Crippen molar-refractivity contribution in [1.29, 1.82) is 0 Å². The highest BCUT2D eigenvalue weighted by atomic mass is 35.5. The van der Waals surface area contributed by atoms with Crippen LogP contribution in [0.2, 0.25) is 5.02 Å². The van der Waals surface area contributed by atoms with Gasteiger partial charge in [0.1, 0.15) is 5.82 Å². The molecule has 0 saturated carbocycles. The van der Waals surface area contributed by atoms with E-state index < -0.39 is 0 Å². The molecule has 0 aliphatic rings. The van der Waals surface area contributed by atoms with Crippen molar-refractivity contribution in [2.75, 3.05) is 0 Å². The third-order valence-corrected chi connectivity index (χ3v) is 2.73. The van der Waals surface area contributed by atoms with E-state index in [1.54, 1.807) is 6.07 Å². The maximum Gasteiger partial charge on any atom is 0.123 e. The molecule has 3 heteroatoms. The first kappa shape index (κ1) is 11.1. The standard InChI is InChI=1S/C13H11ClFN/c14-13-5-4-11(15)7-12(13)10-3-1-2-9(6-10)8-16/h1-7H,8,16H2. The summed E-state index contributed by atoms with van der Waals surface area (Å²) in [5.41, 5.74) is 8.13. The molecule has 0 aliphatic carbocycles. The maximum atomic E-state index is 13.1. The average Bonchev–Trinajstić information content (AvgIpc) is 2.32. The molecule has 82 valence electrons. The fourth-order valence-corrected chi connectivity index (χ4v) is 1.81. The SMILES string of the molecule is NCc1cccc(-c2cc(F)ccc2Cl)c1. The Balaban J connectivity index is 2.53. The molecular formula is C13H11ClFN. The van der Waals surface area contributed by atoms with Gasteiger partial charge in [-0.05, 0) is 35.4 Å². The molecule has 0 aromatic heterocycles. The van der Waals surface area contributed by atoms with Crippen LogP contribution < -0.4 is 5.73 Å². The smallest absolute Gasteiger partial charge is 0.123 e. The highest BCUT2D eigenvalue weighted by Crippen LogP contribution is 2.28. The number of hydrogen-bond acceptors (Lipinski definition) is 1. The molecular weight excluding hydrogens is 225 g/mol. The van der Waals surface area contributed by atoms with E-state index in [9.17, 15) is 4.39 Å². The van der Waals surface area contributed by atoms with E-state index in [2.05, 4.69) is 0 Å². The van der Waals surface area contributed by atoms with Gasteiger partial charge in [-0.25, -0.2) is 4.39 Å². The molecule has 0 saturated heterocycles. The van der Waals surface area contributed by atoms with Crippen molar-refractivity contribution in [1.82, 2.24) is 0 Å². The number of hydrogen-bond donors (Lipinski definition) is 1. The molecule has 2 N–H and O–H groups in total. The summed E-state index contributed by atoms with van der Waals surface area (Å²) in [6, 6.07) is 12.0. The summed E-state index contributed by atoms with van der Waals surface area (Å²) in [6.07, 6.45) is 0. The zero-order chi connectivity index (χ0) is 11.5. The minimum atomic E-state index is -0.294. The van der Waals surface area contributed by atoms with E-state index in [0.29, 0.717) is 17.1 Å². The van der Waals surface area contributed by atoms with E-state index in [1.165, 1.54) is 12.1 Å². The molecule has 0 atom stereocenters. The summed E-state index contributed by atoms with van der Waals surface area (Å²) in [5, 5.41) is 0.538. The maximum absolute atomic E-state index is 13.1. The number of halogens is 2. The predicted octanol–water partition coefficient (Wildman–Crippen LogP) is 3.60. The van der Waals surface area contributed by atoms with E-state index in [-0.39, 0.29) is 5.82 Å². The van der Waals surface area contributed by atoms with Crippen molar-refractivity contribution in [2.45, 2.75) is 6.54 Å².